The zero-order chi connectivity index (χ0) is 18.3. The molecule has 2 aromatic carbocycles. The highest BCUT2D eigenvalue weighted by Crippen LogP contribution is 2.38. The Bertz CT molecular complexity index is 1000. The molecule has 6 heteroatoms. The Morgan fingerprint density at radius 1 is 1.23 bits per heavy atom. The van der Waals surface area contributed by atoms with Crippen molar-refractivity contribution in [2.45, 2.75) is 33.0 Å². The molecule has 1 aliphatic heterocycles. The Morgan fingerprint density at radius 2 is 2.00 bits per heavy atom. The predicted octanol–water partition coefficient (Wildman–Crippen LogP) is 2.72. The summed E-state index contributed by atoms with van der Waals surface area (Å²) >= 11 is 0. The molecule has 0 saturated heterocycles. The summed E-state index contributed by atoms with van der Waals surface area (Å²) < 4.78 is 1.97. The third-order valence-electron chi connectivity index (χ3n) is 4.92. The van der Waals surface area contributed by atoms with Gasteiger partial charge in [-0.05, 0) is 31.4 Å². The van der Waals surface area contributed by atoms with E-state index in [0.717, 1.165) is 28.8 Å². The van der Waals surface area contributed by atoms with Crippen LogP contribution in [0.3, 0.4) is 0 Å². The monoisotopic (exact) mass is 348 g/mol. The van der Waals surface area contributed by atoms with Crippen LogP contribution in [0.1, 0.15) is 30.0 Å². The fraction of sp³-hybridized carbons (Fsp3) is 0.250. The van der Waals surface area contributed by atoms with E-state index < -0.39 is 6.04 Å². The van der Waals surface area contributed by atoms with E-state index in [1.54, 1.807) is 18.0 Å². The number of nitrogens with one attached hydrogen (secondary N) is 1. The predicted molar refractivity (Wildman–Crippen MR) is 100.0 cm³/mol. The van der Waals surface area contributed by atoms with Crippen LogP contribution in [0.4, 0.5) is 5.69 Å². The molecule has 2 amide bonds. The summed E-state index contributed by atoms with van der Waals surface area (Å²) in [5, 5.41) is 4.83. The Hall–Kier alpha value is -3.15. The lowest BCUT2D eigenvalue weighted by molar-refractivity contribution is -0.122. The highest BCUT2D eigenvalue weighted by molar-refractivity contribution is 6.26. The van der Waals surface area contributed by atoms with Gasteiger partial charge in [0, 0.05) is 29.9 Å². The topological polar surface area (TPSA) is 67.2 Å². The lowest BCUT2D eigenvalue weighted by Gasteiger charge is -2.24. The van der Waals surface area contributed by atoms with E-state index in [4.69, 9.17) is 0 Å². The number of rotatable bonds is 5. The Morgan fingerprint density at radius 3 is 2.77 bits per heavy atom. The van der Waals surface area contributed by atoms with Crippen molar-refractivity contribution in [3.63, 3.8) is 0 Å². The number of hydrogen-bond donors (Lipinski definition) is 1. The first kappa shape index (κ1) is 16.3. The Balaban J connectivity index is 1.57. The first-order valence-corrected chi connectivity index (χ1v) is 8.75. The van der Waals surface area contributed by atoms with E-state index in [-0.39, 0.29) is 11.8 Å². The molecule has 0 spiro atoms. The van der Waals surface area contributed by atoms with Crippen molar-refractivity contribution in [2.75, 3.05) is 4.90 Å². The van der Waals surface area contributed by atoms with E-state index in [2.05, 4.69) is 10.3 Å². The maximum absolute atomic E-state index is 12.9. The van der Waals surface area contributed by atoms with Gasteiger partial charge < -0.3 is 9.88 Å². The summed E-state index contributed by atoms with van der Waals surface area (Å²) in [5.41, 5.74) is 1.44. The molecule has 1 aliphatic rings. The SMILES string of the molecule is CCn1ccnc1CNC(=O)C(C)N1C(=O)c2cccc3cccc1c23. The number of anilines is 1. The molecule has 3 aromatic rings. The number of imidazole rings is 1. The molecule has 26 heavy (non-hydrogen) atoms. The van der Waals surface area contributed by atoms with Gasteiger partial charge in [0.25, 0.3) is 5.91 Å². The average Bonchev–Trinajstić information content (AvgIpc) is 3.23. The van der Waals surface area contributed by atoms with Crippen molar-refractivity contribution in [1.29, 1.82) is 0 Å². The summed E-state index contributed by atoms with van der Waals surface area (Å²) in [5.74, 6) is 0.467. The van der Waals surface area contributed by atoms with Crippen LogP contribution in [-0.2, 0) is 17.9 Å². The average molecular weight is 348 g/mol. The molecule has 0 aliphatic carbocycles. The minimum Gasteiger partial charge on any atom is -0.347 e. The van der Waals surface area contributed by atoms with Crippen LogP contribution >= 0.6 is 0 Å². The van der Waals surface area contributed by atoms with Gasteiger partial charge in [-0.25, -0.2) is 4.98 Å². The van der Waals surface area contributed by atoms with E-state index in [1.165, 1.54) is 0 Å². The first-order valence-electron chi connectivity index (χ1n) is 8.75. The number of amides is 2. The van der Waals surface area contributed by atoms with Gasteiger partial charge in [-0.2, -0.15) is 0 Å². The maximum atomic E-state index is 12.9. The lowest BCUT2D eigenvalue weighted by atomic mass is 10.1. The van der Waals surface area contributed by atoms with Crippen LogP contribution in [0.15, 0.2) is 48.8 Å². The van der Waals surface area contributed by atoms with Crippen molar-refractivity contribution in [1.82, 2.24) is 14.9 Å². The van der Waals surface area contributed by atoms with Gasteiger partial charge in [0.2, 0.25) is 5.91 Å². The van der Waals surface area contributed by atoms with Gasteiger partial charge in [0.1, 0.15) is 11.9 Å². The van der Waals surface area contributed by atoms with Crippen molar-refractivity contribution in [3.05, 3.63) is 60.2 Å². The molecule has 1 atom stereocenters. The molecule has 1 aromatic heterocycles. The third-order valence-corrected chi connectivity index (χ3v) is 4.92. The normalized spacial score (nSPS) is 14.1. The zero-order valence-corrected chi connectivity index (χ0v) is 14.8. The fourth-order valence-electron chi connectivity index (χ4n) is 3.55. The number of hydrogen-bond acceptors (Lipinski definition) is 3. The van der Waals surface area contributed by atoms with Crippen molar-refractivity contribution < 1.29 is 9.59 Å². The summed E-state index contributed by atoms with van der Waals surface area (Å²) in [7, 11) is 0. The van der Waals surface area contributed by atoms with E-state index in [9.17, 15) is 9.59 Å². The maximum Gasteiger partial charge on any atom is 0.259 e. The van der Waals surface area contributed by atoms with Gasteiger partial charge >= 0.3 is 0 Å². The van der Waals surface area contributed by atoms with E-state index >= 15 is 0 Å². The van der Waals surface area contributed by atoms with Crippen LogP contribution in [-0.4, -0.2) is 27.4 Å². The minimum atomic E-state index is -0.606. The molecule has 0 saturated carbocycles. The van der Waals surface area contributed by atoms with E-state index in [1.807, 2.05) is 54.1 Å². The molecular formula is C20H20N4O2. The Labute approximate surface area is 151 Å². The number of nitrogens with zero attached hydrogens (tertiary/aromatic N) is 3. The van der Waals surface area contributed by atoms with Crippen LogP contribution < -0.4 is 10.2 Å². The number of aryl methyl sites for hydroxylation is 1. The molecule has 4 rings (SSSR count). The number of carbonyl (C=O) groups is 2. The summed E-state index contributed by atoms with van der Waals surface area (Å²) in [6, 6.07) is 10.9. The second-order valence-electron chi connectivity index (χ2n) is 6.38. The van der Waals surface area contributed by atoms with E-state index in [0.29, 0.717) is 12.1 Å². The quantitative estimate of drug-likeness (QED) is 0.771. The molecule has 0 bridgehead atoms. The standard InChI is InChI=1S/C20H20N4O2/c1-3-23-11-10-21-17(23)12-22-19(25)13(2)24-16-9-5-7-14-6-4-8-15(18(14)16)20(24)26/h4-11,13H,3,12H2,1-2H3,(H,22,25). The smallest absolute Gasteiger partial charge is 0.259 e. The van der Waals surface area contributed by atoms with Crippen molar-refractivity contribution in [3.8, 4) is 0 Å². The third kappa shape index (κ3) is 2.45. The van der Waals surface area contributed by atoms with Crippen molar-refractivity contribution >= 4 is 28.3 Å². The molecule has 132 valence electrons. The van der Waals surface area contributed by atoms with Crippen LogP contribution in [0.5, 0.6) is 0 Å². The second-order valence-corrected chi connectivity index (χ2v) is 6.38. The summed E-state index contributed by atoms with van der Waals surface area (Å²) in [4.78, 5) is 31.4. The molecule has 0 fully saturated rings. The minimum absolute atomic E-state index is 0.130. The van der Waals surface area contributed by atoms with Gasteiger partial charge in [-0.15, -0.1) is 0 Å². The van der Waals surface area contributed by atoms with Gasteiger partial charge in [0.15, 0.2) is 0 Å². The molecule has 0 radical (unpaired) electrons. The number of benzene rings is 2. The van der Waals surface area contributed by atoms with Crippen LogP contribution in [0.25, 0.3) is 10.8 Å². The summed E-state index contributed by atoms with van der Waals surface area (Å²) in [6.45, 7) is 4.91. The van der Waals surface area contributed by atoms with Gasteiger partial charge in [0.05, 0.1) is 12.2 Å². The number of carbonyl (C=O) groups excluding carboxylic acids is 2. The molecule has 1 unspecified atom stereocenters. The zero-order valence-electron chi connectivity index (χ0n) is 14.8. The van der Waals surface area contributed by atoms with Gasteiger partial charge in [-0.1, -0.05) is 24.3 Å². The molecular weight excluding hydrogens is 328 g/mol. The van der Waals surface area contributed by atoms with Crippen LogP contribution in [0.2, 0.25) is 0 Å². The molecule has 1 N–H and O–H groups in total. The second kappa shape index (κ2) is 6.29. The fourth-order valence-corrected chi connectivity index (χ4v) is 3.55. The largest absolute Gasteiger partial charge is 0.347 e. The Kier molecular flexibility index (Phi) is 3.95. The summed E-state index contributed by atoms with van der Waals surface area (Å²) in [6.07, 6.45) is 3.60. The molecule has 6 nitrogen and oxygen atoms in total. The van der Waals surface area contributed by atoms with Crippen molar-refractivity contribution in [2.24, 2.45) is 0 Å². The highest BCUT2D eigenvalue weighted by atomic mass is 16.2. The van der Waals surface area contributed by atoms with Crippen LogP contribution in [0, 0.1) is 0 Å². The lowest BCUT2D eigenvalue weighted by Crippen LogP contribution is -2.46. The highest BCUT2D eigenvalue weighted by Gasteiger charge is 2.35. The van der Waals surface area contributed by atoms with Gasteiger partial charge in [-0.3, -0.25) is 14.5 Å². The first-order chi connectivity index (χ1) is 12.6. The molecule has 2 heterocycles. The number of aromatic nitrogens is 2.